The van der Waals surface area contributed by atoms with Crippen LogP contribution in [0.5, 0.6) is 0 Å². The molecule has 0 saturated carbocycles. The smallest absolute Gasteiger partial charge is 0.296 e. The van der Waals surface area contributed by atoms with E-state index < -0.39 is 48.0 Å². The van der Waals surface area contributed by atoms with Crippen molar-refractivity contribution >= 4 is 93.7 Å². The highest BCUT2D eigenvalue weighted by atomic mass is 32.2. The lowest BCUT2D eigenvalue weighted by atomic mass is 10.0. The molecule has 26 heteroatoms. The van der Waals surface area contributed by atoms with E-state index in [1.54, 1.807) is 14.0 Å². The Morgan fingerprint density at radius 1 is 0.769 bits per heavy atom. The number of anilines is 3. The van der Waals surface area contributed by atoms with Crippen LogP contribution in [0.4, 0.5) is 28.8 Å². The van der Waals surface area contributed by atoms with Crippen LogP contribution in [-0.4, -0.2) is 115 Å². The summed E-state index contributed by atoms with van der Waals surface area (Å²) in [7, 11) is -4.54. The Hall–Kier alpha value is -6.20. The summed E-state index contributed by atoms with van der Waals surface area (Å²) in [5.41, 5.74) is 4.17. The first-order valence-corrected chi connectivity index (χ1v) is 24.2. The van der Waals surface area contributed by atoms with Gasteiger partial charge in [0.2, 0.25) is 0 Å². The normalized spacial score (nSPS) is 12.9. The molecule has 22 nitrogen and oxygen atoms in total. The number of nitrogens with one attached hydrogen (secondary N) is 3. The van der Waals surface area contributed by atoms with Gasteiger partial charge in [-0.3, -0.25) is 8.76 Å². The van der Waals surface area contributed by atoms with Gasteiger partial charge in [0.15, 0.2) is 28.0 Å². The van der Waals surface area contributed by atoms with Crippen LogP contribution in [0.25, 0.3) is 27.5 Å². The second-order valence-corrected chi connectivity index (χ2v) is 18.7. The molecule has 6 rings (SSSR count). The quantitative estimate of drug-likeness (QED) is 0.0377. The molecule has 3 heterocycles. The van der Waals surface area contributed by atoms with Crippen LogP contribution in [0.15, 0.2) is 67.4 Å². The number of aliphatic hydroxyl groups is 2. The Balaban J connectivity index is 0.000000524. The summed E-state index contributed by atoms with van der Waals surface area (Å²) in [6, 6.07) is 13.2. The summed E-state index contributed by atoms with van der Waals surface area (Å²) >= 11 is -5.02. The van der Waals surface area contributed by atoms with Gasteiger partial charge in [0.05, 0.1) is 39.8 Å². The van der Waals surface area contributed by atoms with Crippen molar-refractivity contribution in [2.24, 2.45) is 10.2 Å². The van der Waals surface area contributed by atoms with Crippen molar-refractivity contribution in [1.82, 2.24) is 25.0 Å². The average molecular weight is 967 g/mol. The Labute approximate surface area is 379 Å². The number of pyridine rings is 2. The number of benzene rings is 3. The second-order valence-electron chi connectivity index (χ2n) is 13.7. The van der Waals surface area contributed by atoms with Crippen LogP contribution in [0.3, 0.4) is 0 Å². The van der Waals surface area contributed by atoms with Gasteiger partial charge in [-0.2, -0.15) is 23.7 Å². The molecule has 3 unspecified atom stereocenters. The minimum Gasteiger partial charge on any atom is -0.395 e. The predicted molar refractivity (Wildman–Crippen MR) is 244 cm³/mol. The zero-order chi connectivity index (χ0) is 47.7. The highest BCUT2D eigenvalue weighted by Gasteiger charge is 2.22. The SMILES string of the molecule is CNc1nc(C)c(C)c(C)c1C#N.Cc1c(C#N)c(NCCO)nc(NCCS(=O)CCO)c1N=Nc1ccc(-n2nc3ccc4c(S(=O)O)cc(S(=O)O)cc4c3n2)cc1S(=O)(=O)O. The molecule has 0 radical (unpaired) electrons. The van der Waals surface area contributed by atoms with E-state index in [0.29, 0.717) is 11.4 Å². The van der Waals surface area contributed by atoms with Crippen molar-refractivity contribution in [2.75, 3.05) is 60.8 Å². The van der Waals surface area contributed by atoms with Gasteiger partial charge < -0.3 is 35.3 Å². The lowest BCUT2D eigenvalue weighted by Gasteiger charge is -2.15. The van der Waals surface area contributed by atoms with Crippen molar-refractivity contribution < 1.29 is 44.9 Å². The van der Waals surface area contributed by atoms with Crippen LogP contribution in [0, 0.1) is 50.4 Å². The van der Waals surface area contributed by atoms with Crippen molar-refractivity contribution in [3.63, 3.8) is 0 Å². The largest absolute Gasteiger partial charge is 0.395 e. The maximum Gasteiger partial charge on any atom is 0.296 e. The summed E-state index contributed by atoms with van der Waals surface area (Å²) in [5, 5.41) is 63.3. The molecule has 0 aliphatic heterocycles. The first-order valence-electron chi connectivity index (χ1n) is 19.0. The highest BCUT2D eigenvalue weighted by molar-refractivity contribution is 7.86. The third kappa shape index (κ3) is 11.4. The fraction of sp³-hybridized carbons (Fsp3) is 0.282. The summed E-state index contributed by atoms with van der Waals surface area (Å²) in [6.07, 6.45) is 0. The lowest BCUT2D eigenvalue weighted by molar-refractivity contribution is 0.311. The highest BCUT2D eigenvalue weighted by Crippen LogP contribution is 2.37. The molecule has 3 aromatic carbocycles. The number of hydrogen-bond acceptors (Lipinski definition) is 18. The number of hydrogen-bond donors (Lipinski definition) is 8. The van der Waals surface area contributed by atoms with Gasteiger partial charge in [-0.05, 0) is 75.2 Å². The van der Waals surface area contributed by atoms with E-state index in [0.717, 1.165) is 33.8 Å². The van der Waals surface area contributed by atoms with E-state index >= 15 is 0 Å². The van der Waals surface area contributed by atoms with E-state index in [9.17, 15) is 45.1 Å². The van der Waals surface area contributed by atoms with Crippen molar-refractivity contribution in [3.05, 3.63) is 76.0 Å². The van der Waals surface area contributed by atoms with E-state index in [4.69, 9.17) is 10.4 Å². The van der Waals surface area contributed by atoms with Gasteiger partial charge in [0.1, 0.15) is 51.1 Å². The van der Waals surface area contributed by atoms with E-state index in [1.807, 2.05) is 26.8 Å². The number of aryl methyl sites for hydroxylation is 1. The number of nitrogens with zero attached hydrogens (tertiary/aromatic N) is 9. The van der Waals surface area contributed by atoms with Crippen LogP contribution in [0.1, 0.15) is 33.5 Å². The molecule has 342 valence electrons. The summed E-state index contributed by atoms with van der Waals surface area (Å²) in [4.78, 5) is 8.72. The Kier molecular flexibility index (Phi) is 16.6. The standard InChI is InChI=1S/C29H29N9O10S4.C10H13N3/c1-16-21(15-30)28(31-6-8-39)33-29(32-7-10-49(41)11-9-40)26(16)35-34-22-4-2-17(12-25(22)52(46,47)48)38-36-23-5-3-19-20(27(23)37-38)13-18(50(42)43)14-24(19)51(44)45;1-6-7(2)9(5-11)10(12-4)13-8(6)3/h2-5,12-14,39-40H,6-11H2,1H3,(H,42,43)(H,44,45)(H2,31,32,33)(H,46,47,48);1-4H3,(H,12,13). The molecule has 0 aliphatic carbocycles. The first-order chi connectivity index (χ1) is 30.9. The number of fused-ring (bicyclic) bond motifs is 3. The molecule has 65 heavy (non-hydrogen) atoms. The first kappa shape index (κ1) is 49.8. The van der Waals surface area contributed by atoms with E-state index in [1.165, 1.54) is 30.3 Å². The molecule has 8 N–H and O–H groups in total. The van der Waals surface area contributed by atoms with Gasteiger partial charge in [0, 0.05) is 64.5 Å². The van der Waals surface area contributed by atoms with Gasteiger partial charge in [-0.25, -0.2) is 18.4 Å². The zero-order valence-electron chi connectivity index (χ0n) is 35.2. The zero-order valence-corrected chi connectivity index (χ0v) is 38.5. The third-order valence-electron chi connectivity index (χ3n) is 9.74. The molecule has 0 saturated heterocycles. The molecule has 3 aromatic heterocycles. The fourth-order valence-corrected chi connectivity index (χ4v) is 8.75. The summed E-state index contributed by atoms with van der Waals surface area (Å²) < 4.78 is 90.8. The predicted octanol–water partition coefficient (Wildman–Crippen LogP) is 4.45. The Morgan fingerprint density at radius 2 is 1.46 bits per heavy atom. The molecular weight excluding hydrogens is 925 g/mol. The maximum absolute atomic E-state index is 12.6. The number of rotatable bonds is 16. The Morgan fingerprint density at radius 3 is 2.08 bits per heavy atom. The monoisotopic (exact) mass is 966 g/mol. The molecule has 0 aliphatic rings. The minimum atomic E-state index is -4.96. The molecular formula is C39H42N12O10S4. The number of aliphatic hydroxyl groups excluding tert-OH is 2. The number of nitriles is 2. The van der Waals surface area contributed by atoms with Crippen LogP contribution < -0.4 is 16.0 Å². The van der Waals surface area contributed by atoms with Crippen molar-refractivity contribution in [2.45, 2.75) is 42.4 Å². The molecule has 0 bridgehead atoms. The van der Waals surface area contributed by atoms with Crippen LogP contribution in [0.2, 0.25) is 0 Å². The topological polar surface area (TPSA) is 351 Å². The van der Waals surface area contributed by atoms with Gasteiger partial charge >= 0.3 is 0 Å². The van der Waals surface area contributed by atoms with Crippen LogP contribution >= 0.6 is 0 Å². The Bertz CT molecular complexity index is 3110. The minimum absolute atomic E-state index is 0.0163. The molecule has 0 spiro atoms. The van der Waals surface area contributed by atoms with Gasteiger partial charge in [-0.1, -0.05) is 6.07 Å². The van der Waals surface area contributed by atoms with Gasteiger partial charge in [0.25, 0.3) is 10.1 Å². The molecule has 0 fully saturated rings. The van der Waals surface area contributed by atoms with E-state index in [-0.39, 0.29) is 109 Å². The summed E-state index contributed by atoms with van der Waals surface area (Å²) in [5.74, 6) is 1.05. The molecule has 3 atom stereocenters. The van der Waals surface area contributed by atoms with Crippen molar-refractivity contribution in [1.29, 1.82) is 10.5 Å². The average Bonchev–Trinajstić information content (AvgIpc) is 3.72. The third-order valence-corrected chi connectivity index (χ3v) is 13.3. The van der Waals surface area contributed by atoms with Gasteiger partial charge in [-0.15, -0.1) is 20.4 Å². The summed E-state index contributed by atoms with van der Waals surface area (Å²) in [6.45, 7) is 7.07. The van der Waals surface area contributed by atoms with E-state index in [2.05, 4.69) is 52.4 Å². The maximum atomic E-state index is 12.6. The second kappa shape index (κ2) is 21.7. The van der Waals surface area contributed by atoms with Crippen molar-refractivity contribution in [3.8, 4) is 17.8 Å². The number of azo groups is 1. The fourth-order valence-electron chi connectivity index (χ4n) is 6.26. The lowest BCUT2D eigenvalue weighted by Crippen LogP contribution is -2.16. The van der Waals surface area contributed by atoms with Crippen LogP contribution in [-0.2, 0) is 43.1 Å². The number of aromatic nitrogens is 5. The molecule has 0 amide bonds. The molecule has 6 aromatic rings.